The van der Waals surface area contributed by atoms with Gasteiger partial charge in [-0.05, 0) is 38.3 Å². The predicted octanol–water partition coefficient (Wildman–Crippen LogP) is 3.22. The van der Waals surface area contributed by atoms with Crippen molar-refractivity contribution >= 4 is 17.7 Å². The van der Waals surface area contributed by atoms with E-state index in [1.807, 2.05) is 50.2 Å². The number of hydrogen-bond donors (Lipinski definition) is 1. The molecule has 1 amide bonds. The average Bonchev–Trinajstić information content (AvgIpc) is 3.11. The largest absolute Gasteiger partial charge is 0.376 e. The summed E-state index contributed by atoms with van der Waals surface area (Å²) in [5.74, 6) is -0.0329. The van der Waals surface area contributed by atoms with Crippen LogP contribution in [0, 0.1) is 13.8 Å². The number of ether oxygens (including phenoxy) is 1. The molecule has 25 heavy (non-hydrogen) atoms. The molecule has 2 aromatic rings. The van der Waals surface area contributed by atoms with Crippen molar-refractivity contribution in [3.63, 3.8) is 0 Å². The van der Waals surface area contributed by atoms with E-state index in [0.717, 1.165) is 36.4 Å². The number of rotatable bonds is 6. The maximum absolute atomic E-state index is 12.8. The van der Waals surface area contributed by atoms with Crippen LogP contribution in [-0.2, 0) is 9.53 Å². The van der Waals surface area contributed by atoms with Gasteiger partial charge in [-0.25, -0.2) is 9.97 Å². The van der Waals surface area contributed by atoms with Gasteiger partial charge in [-0.1, -0.05) is 42.1 Å². The summed E-state index contributed by atoms with van der Waals surface area (Å²) in [5, 5.41) is 3.27. The van der Waals surface area contributed by atoms with Crippen LogP contribution in [0.15, 0.2) is 41.6 Å². The molecule has 2 atom stereocenters. The van der Waals surface area contributed by atoms with Gasteiger partial charge >= 0.3 is 0 Å². The van der Waals surface area contributed by atoms with E-state index in [0.29, 0.717) is 11.7 Å². The lowest BCUT2D eigenvalue weighted by atomic mass is 10.1. The molecule has 1 saturated heterocycles. The molecule has 1 aromatic carbocycles. The van der Waals surface area contributed by atoms with Gasteiger partial charge in [-0.15, -0.1) is 0 Å². The topological polar surface area (TPSA) is 64.1 Å². The van der Waals surface area contributed by atoms with E-state index in [1.165, 1.54) is 11.8 Å². The fourth-order valence-corrected chi connectivity index (χ4v) is 3.95. The molecule has 6 heteroatoms. The molecule has 3 rings (SSSR count). The Balaban J connectivity index is 1.75. The molecular formula is C19H23N3O2S. The van der Waals surface area contributed by atoms with Crippen LogP contribution in [0.3, 0.4) is 0 Å². The highest BCUT2D eigenvalue weighted by Gasteiger charge is 2.25. The molecule has 0 radical (unpaired) electrons. The number of thioether (sulfide) groups is 1. The molecule has 1 aromatic heterocycles. The zero-order valence-electron chi connectivity index (χ0n) is 14.6. The lowest BCUT2D eigenvalue weighted by molar-refractivity contribution is -0.121. The first kappa shape index (κ1) is 17.9. The maximum atomic E-state index is 12.8. The van der Waals surface area contributed by atoms with Crippen molar-refractivity contribution in [1.29, 1.82) is 0 Å². The second-order valence-corrected chi connectivity index (χ2v) is 7.29. The van der Waals surface area contributed by atoms with Crippen LogP contribution in [-0.4, -0.2) is 35.1 Å². The van der Waals surface area contributed by atoms with Gasteiger partial charge in [0.1, 0.15) is 5.25 Å². The Kier molecular flexibility index (Phi) is 6.04. The zero-order chi connectivity index (χ0) is 17.6. The molecule has 1 fully saturated rings. The molecule has 0 unspecified atom stereocenters. The van der Waals surface area contributed by atoms with Gasteiger partial charge in [0.05, 0.1) is 6.10 Å². The Bertz CT molecular complexity index is 698. The summed E-state index contributed by atoms with van der Waals surface area (Å²) in [6.07, 6.45) is 2.19. The smallest absolute Gasteiger partial charge is 0.238 e. The van der Waals surface area contributed by atoms with Crippen LogP contribution < -0.4 is 5.32 Å². The van der Waals surface area contributed by atoms with Crippen molar-refractivity contribution in [2.45, 2.75) is 43.2 Å². The molecule has 1 aliphatic heterocycles. The number of nitrogens with zero attached hydrogens (tertiary/aromatic N) is 2. The van der Waals surface area contributed by atoms with Gasteiger partial charge in [0.15, 0.2) is 5.16 Å². The van der Waals surface area contributed by atoms with Crippen LogP contribution in [0.4, 0.5) is 0 Å². The number of carbonyl (C=O) groups is 1. The number of aryl methyl sites for hydroxylation is 2. The highest BCUT2D eigenvalue weighted by Crippen LogP contribution is 2.33. The number of carbonyl (C=O) groups excluding carboxylic acids is 1. The lowest BCUT2D eigenvalue weighted by Gasteiger charge is -2.18. The zero-order valence-corrected chi connectivity index (χ0v) is 15.4. The number of nitrogens with one attached hydrogen (secondary N) is 1. The molecule has 0 spiro atoms. The van der Waals surface area contributed by atoms with E-state index < -0.39 is 0 Å². The number of amides is 1. The predicted molar refractivity (Wildman–Crippen MR) is 98.5 cm³/mol. The van der Waals surface area contributed by atoms with Crippen LogP contribution in [0.25, 0.3) is 0 Å². The second kappa shape index (κ2) is 8.45. The van der Waals surface area contributed by atoms with E-state index in [2.05, 4.69) is 15.3 Å². The van der Waals surface area contributed by atoms with E-state index in [9.17, 15) is 4.79 Å². The number of aromatic nitrogens is 2. The normalized spacial score (nSPS) is 18.1. The quantitative estimate of drug-likeness (QED) is 0.635. The van der Waals surface area contributed by atoms with E-state index in [4.69, 9.17) is 4.74 Å². The number of hydrogen-bond acceptors (Lipinski definition) is 5. The molecule has 132 valence electrons. The van der Waals surface area contributed by atoms with E-state index in [-0.39, 0.29) is 17.3 Å². The van der Waals surface area contributed by atoms with Crippen LogP contribution in [0.1, 0.15) is 35.0 Å². The van der Waals surface area contributed by atoms with Crippen LogP contribution >= 0.6 is 11.8 Å². The standard InChI is InChI=1S/C19H23N3O2S/c1-13-11-14(2)22-19(21-13)25-17(15-7-4-3-5-8-15)18(23)20-12-16-9-6-10-24-16/h3-5,7-8,11,16-17H,6,9-10,12H2,1-2H3,(H,20,23)/t16-,17-/m0/s1. The van der Waals surface area contributed by atoms with Crippen molar-refractivity contribution in [3.05, 3.63) is 53.3 Å². The summed E-state index contributed by atoms with van der Waals surface area (Å²) >= 11 is 1.39. The molecule has 5 nitrogen and oxygen atoms in total. The van der Waals surface area contributed by atoms with Gasteiger partial charge < -0.3 is 10.1 Å². The van der Waals surface area contributed by atoms with Crippen molar-refractivity contribution in [2.24, 2.45) is 0 Å². The Morgan fingerprint density at radius 1 is 1.28 bits per heavy atom. The van der Waals surface area contributed by atoms with Crippen LogP contribution in [0.2, 0.25) is 0 Å². The summed E-state index contributed by atoms with van der Waals surface area (Å²) in [7, 11) is 0. The minimum Gasteiger partial charge on any atom is -0.376 e. The first-order valence-electron chi connectivity index (χ1n) is 8.55. The van der Waals surface area contributed by atoms with Gasteiger partial charge in [-0.2, -0.15) is 0 Å². The van der Waals surface area contributed by atoms with Crippen molar-refractivity contribution in [1.82, 2.24) is 15.3 Å². The fourth-order valence-electron chi connectivity index (χ4n) is 2.86. The van der Waals surface area contributed by atoms with E-state index >= 15 is 0 Å². The van der Waals surface area contributed by atoms with Crippen LogP contribution in [0.5, 0.6) is 0 Å². The Morgan fingerprint density at radius 2 is 2.00 bits per heavy atom. The number of benzene rings is 1. The van der Waals surface area contributed by atoms with Gasteiger partial charge in [0.25, 0.3) is 0 Å². The van der Waals surface area contributed by atoms with Gasteiger partial charge in [0, 0.05) is 24.5 Å². The Hall–Kier alpha value is -1.92. The molecule has 2 heterocycles. The minimum absolute atomic E-state index is 0.0329. The molecule has 0 aliphatic carbocycles. The summed E-state index contributed by atoms with van der Waals surface area (Å²) in [6.45, 7) is 5.21. The minimum atomic E-state index is -0.385. The van der Waals surface area contributed by atoms with Crippen molar-refractivity contribution in [2.75, 3.05) is 13.2 Å². The summed E-state index contributed by atoms with van der Waals surface area (Å²) in [5.41, 5.74) is 2.75. The first-order valence-corrected chi connectivity index (χ1v) is 9.43. The molecule has 1 N–H and O–H groups in total. The third-order valence-corrected chi connectivity index (χ3v) is 5.17. The van der Waals surface area contributed by atoms with Gasteiger partial charge in [-0.3, -0.25) is 4.79 Å². The third kappa shape index (κ3) is 5.03. The summed E-state index contributed by atoms with van der Waals surface area (Å²) in [6, 6.07) is 11.7. The summed E-state index contributed by atoms with van der Waals surface area (Å²) in [4.78, 5) is 21.8. The Labute approximate surface area is 152 Å². The molecule has 1 aliphatic rings. The highest BCUT2D eigenvalue weighted by atomic mass is 32.2. The SMILES string of the molecule is Cc1cc(C)nc(S[C@H](C(=O)NC[C@@H]2CCCO2)c2ccccc2)n1. The average molecular weight is 357 g/mol. The molecule has 0 bridgehead atoms. The van der Waals surface area contributed by atoms with Crippen molar-refractivity contribution in [3.8, 4) is 0 Å². The van der Waals surface area contributed by atoms with Gasteiger partial charge in [0.2, 0.25) is 5.91 Å². The first-order chi connectivity index (χ1) is 12.1. The summed E-state index contributed by atoms with van der Waals surface area (Å²) < 4.78 is 5.59. The van der Waals surface area contributed by atoms with E-state index in [1.54, 1.807) is 0 Å². The van der Waals surface area contributed by atoms with Crippen molar-refractivity contribution < 1.29 is 9.53 Å². The highest BCUT2D eigenvalue weighted by molar-refractivity contribution is 8.00. The monoisotopic (exact) mass is 357 g/mol. The maximum Gasteiger partial charge on any atom is 0.238 e. The molecule has 0 saturated carbocycles. The third-order valence-electron chi connectivity index (χ3n) is 4.05. The molecular weight excluding hydrogens is 334 g/mol. The lowest BCUT2D eigenvalue weighted by Crippen LogP contribution is -2.34. The Morgan fingerprint density at radius 3 is 2.64 bits per heavy atom. The second-order valence-electron chi connectivity index (χ2n) is 6.22. The fraction of sp³-hybridized carbons (Fsp3) is 0.421.